The number of thiazole rings is 1. The summed E-state index contributed by atoms with van der Waals surface area (Å²) in [6.07, 6.45) is -0.0365. The van der Waals surface area contributed by atoms with E-state index in [1.54, 1.807) is 29.7 Å². The Labute approximate surface area is 168 Å². The fraction of sp³-hybridized carbons (Fsp3) is 0.167. The van der Waals surface area contributed by atoms with Crippen LogP contribution in [0.5, 0.6) is 0 Å². The quantitative estimate of drug-likeness (QED) is 0.355. The van der Waals surface area contributed by atoms with Gasteiger partial charge in [0.1, 0.15) is 5.01 Å². The number of aromatic nitrogens is 1. The van der Waals surface area contributed by atoms with E-state index in [0.717, 1.165) is 9.88 Å². The van der Waals surface area contributed by atoms with E-state index in [1.807, 2.05) is 17.5 Å². The lowest BCUT2D eigenvalue weighted by Crippen LogP contribution is -2.21. The number of carbonyl (C=O) groups excluding carboxylic acids is 2. The summed E-state index contributed by atoms with van der Waals surface area (Å²) in [4.78, 5) is 39.7. The highest BCUT2D eigenvalue weighted by atomic mass is 32.1. The van der Waals surface area contributed by atoms with E-state index in [1.165, 1.54) is 23.5 Å². The number of anilines is 1. The van der Waals surface area contributed by atoms with Gasteiger partial charge in [-0.25, -0.2) is 4.98 Å². The summed E-state index contributed by atoms with van der Waals surface area (Å²) < 4.78 is 4.96. The molecule has 144 valence electrons. The van der Waals surface area contributed by atoms with Crippen LogP contribution in [0.2, 0.25) is 0 Å². The smallest absolute Gasteiger partial charge is 0.312 e. The summed E-state index contributed by atoms with van der Waals surface area (Å²) in [6, 6.07) is 8.22. The number of esters is 1. The van der Waals surface area contributed by atoms with Gasteiger partial charge < -0.3 is 10.1 Å². The number of thiophene rings is 1. The van der Waals surface area contributed by atoms with Gasteiger partial charge in [-0.1, -0.05) is 12.1 Å². The third kappa shape index (κ3) is 4.99. The van der Waals surface area contributed by atoms with Crippen LogP contribution in [-0.4, -0.2) is 28.4 Å². The number of nitro groups is 1. The second-order valence-corrected chi connectivity index (χ2v) is 7.57. The van der Waals surface area contributed by atoms with E-state index in [9.17, 15) is 19.7 Å². The molecule has 8 nitrogen and oxygen atoms in total. The molecule has 0 saturated heterocycles. The molecule has 2 aromatic heterocycles. The van der Waals surface area contributed by atoms with Crippen molar-refractivity contribution >= 4 is 45.9 Å². The molecule has 3 rings (SSSR count). The van der Waals surface area contributed by atoms with Crippen LogP contribution in [0.3, 0.4) is 0 Å². The largest absolute Gasteiger partial charge is 0.455 e. The molecule has 1 N–H and O–H groups in total. The van der Waals surface area contributed by atoms with Crippen LogP contribution in [0.1, 0.15) is 11.3 Å². The van der Waals surface area contributed by atoms with Crippen LogP contribution >= 0.6 is 22.7 Å². The van der Waals surface area contributed by atoms with Crippen molar-refractivity contribution in [1.29, 1.82) is 0 Å². The van der Waals surface area contributed by atoms with Gasteiger partial charge in [-0.3, -0.25) is 19.7 Å². The van der Waals surface area contributed by atoms with Crippen molar-refractivity contribution < 1.29 is 19.2 Å². The molecule has 0 atom stereocenters. The lowest BCUT2D eigenvalue weighted by Gasteiger charge is -2.07. The Bertz CT molecular complexity index is 1010. The van der Waals surface area contributed by atoms with Gasteiger partial charge >= 0.3 is 5.97 Å². The molecule has 1 aromatic carbocycles. The Morgan fingerprint density at radius 1 is 1.29 bits per heavy atom. The van der Waals surface area contributed by atoms with Crippen LogP contribution in [0, 0.1) is 17.0 Å². The van der Waals surface area contributed by atoms with Crippen molar-refractivity contribution in [2.75, 3.05) is 11.9 Å². The average molecular weight is 417 g/mol. The monoisotopic (exact) mass is 417 g/mol. The van der Waals surface area contributed by atoms with Gasteiger partial charge in [0.15, 0.2) is 6.61 Å². The molecule has 0 unspecified atom stereocenters. The number of aryl methyl sites for hydroxylation is 1. The Morgan fingerprint density at radius 3 is 2.82 bits per heavy atom. The Balaban J connectivity index is 1.50. The fourth-order valence-electron chi connectivity index (χ4n) is 2.33. The zero-order valence-electron chi connectivity index (χ0n) is 14.7. The second kappa shape index (κ2) is 8.72. The molecular weight excluding hydrogens is 402 g/mol. The van der Waals surface area contributed by atoms with Gasteiger partial charge in [0.05, 0.1) is 21.9 Å². The van der Waals surface area contributed by atoms with E-state index >= 15 is 0 Å². The van der Waals surface area contributed by atoms with Crippen molar-refractivity contribution in [2.24, 2.45) is 0 Å². The molecule has 0 aliphatic carbocycles. The molecule has 0 aliphatic heterocycles. The van der Waals surface area contributed by atoms with Crippen LogP contribution in [0.4, 0.5) is 11.4 Å². The minimum absolute atomic E-state index is 0.0365. The van der Waals surface area contributed by atoms with E-state index in [-0.39, 0.29) is 17.8 Å². The molecule has 1 amide bonds. The van der Waals surface area contributed by atoms with Crippen LogP contribution in [0.15, 0.2) is 41.1 Å². The van der Waals surface area contributed by atoms with Gasteiger partial charge in [-0.2, -0.15) is 0 Å². The van der Waals surface area contributed by atoms with Crippen molar-refractivity contribution in [3.63, 3.8) is 0 Å². The molecule has 28 heavy (non-hydrogen) atoms. The molecule has 0 fully saturated rings. The van der Waals surface area contributed by atoms with E-state index < -0.39 is 23.4 Å². The summed E-state index contributed by atoms with van der Waals surface area (Å²) in [5.41, 5.74) is 1.23. The first-order valence-corrected chi connectivity index (χ1v) is 9.87. The normalized spacial score (nSPS) is 10.5. The summed E-state index contributed by atoms with van der Waals surface area (Å²) in [6.45, 7) is 1.12. The number of nitrogens with one attached hydrogen (secondary N) is 1. The Kier molecular flexibility index (Phi) is 6.12. The highest BCUT2D eigenvalue weighted by Gasteiger charge is 2.15. The molecule has 0 saturated carbocycles. The molecule has 0 spiro atoms. The topological polar surface area (TPSA) is 111 Å². The maximum atomic E-state index is 11.9. The zero-order valence-corrected chi connectivity index (χ0v) is 16.3. The van der Waals surface area contributed by atoms with Crippen molar-refractivity contribution in [3.8, 4) is 9.88 Å². The molecule has 0 aliphatic rings. The van der Waals surface area contributed by atoms with Crippen molar-refractivity contribution in [2.45, 2.75) is 13.3 Å². The molecule has 10 heteroatoms. The summed E-state index contributed by atoms with van der Waals surface area (Å²) in [5, 5.41) is 18.0. The fourth-order valence-corrected chi connectivity index (χ4v) is 3.96. The maximum Gasteiger partial charge on any atom is 0.312 e. The van der Waals surface area contributed by atoms with Crippen molar-refractivity contribution in [1.82, 2.24) is 4.98 Å². The predicted octanol–water partition coefficient (Wildman–Crippen LogP) is 3.81. The SMILES string of the molecule is Cc1ccc(NC(=O)COC(=O)Cc2csc(-c3cccs3)n2)cc1[N+](=O)[O-]. The molecule has 0 radical (unpaired) electrons. The first-order chi connectivity index (χ1) is 13.4. The number of nitrogens with zero attached hydrogens (tertiary/aromatic N) is 2. The average Bonchev–Trinajstić information content (AvgIpc) is 3.33. The summed E-state index contributed by atoms with van der Waals surface area (Å²) in [5.74, 6) is -1.16. The molecule has 0 bridgehead atoms. The third-order valence-corrected chi connectivity index (χ3v) is 5.59. The lowest BCUT2D eigenvalue weighted by molar-refractivity contribution is -0.385. The minimum atomic E-state index is -0.580. The number of amides is 1. The van der Waals surface area contributed by atoms with E-state index in [0.29, 0.717) is 11.3 Å². The van der Waals surface area contributed by atoms with Gasteiger partial charge in [0.2, 0.25) is 0 Å². The highest BCUT2D eigenvalue weighted by molar-refractivity contribution is 7.20. The van der Waals surface area contributed by atoms with E-state index in [2.05, 4.69) is 10.3 Å². The minimum Gasteiger partial charge on any atom is -0.455 e. The number of benzene rings is 1. The first-order valence-electron chi connectivity index (χ1n) is 8.11. The van der Waals surface area contributed by atoms with Crippen molar-refractivity contribution in [3.05, 3.63) is 62.5 Å². The number of hydrogen-bond acceptors (Lipinski definition) is 8. The number of hydrogen-bond donors (Lipinski definition) is 1. The summed E-state index contributed by atoms with van der Waals surface area (Å²) >= 11 is 3.00. The van der Waals surface area contributed by atoms with Crippen LogP contribution in [0.25, 0.3) is 9.88 Å². The predicted molar refractivity (Wildman–Crippen MR) is 107 cm³/mol. The molecule has 3 aromatic rings. The Morgan fingerprint density at radius 2 is 2.11 bits per heavy atom. The first kappa shape index (κ1) is 19.6. The number of carbonyl (C=O) groups is 2. The standard InChI is InChI=1S/C18H15N3O5S2/c1-11-4-5-12(7-14(11)21(24)25)19-16(22)9-26-17(23)8-13-10-28-18(20-13)15-3-2-6-27-15/h2-7,10H,8-9H2,1H3,(H,19,22). The van der Waals surface area contributed by atoms with Gasteiger partial charge in [-0.05, 0) is 24.4 Å². The summed E-state index contributed by atoms with van der Waals surface area (Å²) in [7, 11) is 0. The van der Waals surface area contributed by atoms with Gasteiger partial charge in [0.25, 0.3) is 11.6 Å². The zero-order chi connectivity index (χ0) is 20.1. The third-order valence-electron chi connectivity index (χ3n) is 3.66. The van der Waals surface area contributed by atoms with Gasteiger partial charge in [-0.15, -0.1) is 22.7 Å². The molecule has 2 heterocycles. The van der Waals surface area contributed by atoms with E-state index in [4.69, 9.17) is 4.74 Å². The lowest BCUT2D eigenvalue weighted by atomic mass is 10.2. The van der Waals surface area contributed by atoms with Crippen LogP contribution < -0.4 is 5.32 Å². The number of nitro benzene ring substituents is 1. The number of ether oxygens (including phenoxy) is 1. The molecular formula is C18H15N3O5S2. The Hall–Kier alpha value is -3.11. The maximum absolute atomic E-state index is 11.9. The second-order valence-electron chi connectivity index (χ2n) is 5.77. The van der Waals surface area contributed by atoms with Crippen LogP contribution in [-0.2, 0) is 20.7 Å². The van der Waals surface area contributed by atoms with Gasteiger partial charge in [0, 0.05) is 22.7 Å². The number of rotatable bonds is 7. The highest BCUT2D eigenvalue weighted by Crippen LogP contribution is 2.28.